The summed E-state index contributed by atoms with van der Waals surface area (Å²) in [5, 5.41) is 6.13. The highest BCUT2D eigenvalue weighted by Gasteiger charge is 2.39. The molecule has 6 aromatic carbocycles. The first-order valence-corrected chi connectivity index (χ1v) is 17.4. The number of rotatable bonds is 4. The predicted octanol–water partition coefficient (Wildman–Crippen LogP) is 10.3. The van der Waals surface area contributed by atoms with Gasteiger partial charge in [-0.1, -0.05) is 135 Å². The lowest BCUT2D eigenvalue weighted by atomic mass is 9.80. The lowest BCUT2D eigenvalue weighted by Gasteiger charge is -2.25. The third-order valence-electron chi connectivity index (χ3n) is 10.8. The number of nitrogens with one attached hydrogen (secondary N) is 1. The van der Waals surface area contributed by atoms with Gasteiger partial charge in [-0.15, -0.1) is 0 Å². The van der Waals surface area contributed by atoms with Crippen molar-refractivity contribution in [2.75, 3.05) is 0 Å². The molecule has 2 aliphatic carbocycles. The molecule has 0 saturated carbocycles. The summed E-state index contributed by atoms with van der Waals surface area (Å²) in [5.41, 5.74) is 11.9. The zero-order valence-corrected chi connectivity index (χ0v) is 28.0. The van der Waals surface area contributed by atoms with Gasteiger partial charge in [-0.05, 0) is 80.1 Å². The summed E-state index contributed by atoms with van der Waals surface area (Å²) in [4.78, 5) is 10.3. The van der Waals surface area contributed by atoms with Crippen LogP contribution in [0.25, 0.3) is 33.0 Å². The molecular weight excluding hydrogens is 611 g/mol. The monoisotopic (exact) mass is 645 g/mol. The smallest absolute Gasteiger partial charge is 0.169 e. The second-order valence-electron chi connectivity index (χ2n) is 14.1. The van der Waals surface area contributed by atoms with E-state index in [0.29, 0.717) is 0 Å². The third kappa shape index (κ3) is 4.45. The first-order chi connectivity index (χ1) is 24.5. The van der Waals surface area contributed by atoms with Crippen molar-refractivity contribution >= 4 is 22.4 Å². The maximum Gasteiger partial charge on any atom is 0.169 e. The van der Waals surface area contributed by atoms with Crippen LogP contribution in [0.4, 0.5) is 0 Å². The van der Waals surface area contributed by atoms with Gasteiger partial charge in [-0.2, -0.15) is 0 Å². The molecule has 6 aromatic rings. The predicted molar refractivity (Wildman–Crippen MR) is 204 cm³/mol. The SMILES string of the molecule is CC1(C)c2cc(C3=NC(c4ccccc4)N=C(c4ccccc4)N3)ccc2-c2c1cc1ccccc1c2-c1ccc2c(c1)C1C=CC=CC1O2. The van der Waals surface area contributed by atoms with E-state index in [9.17, 15) is 0 Å². The molecule has 0 saturated heterocycles. The molecule has 3 unspecified atom stereocenters. The van der Waals surface area contributed by atoms with Crippen LogP contribution in [-0.4, -0.2) is 17.8 Å². The summed E-state index contributed by atoms with van der Waals surface area (Å²) in [6.07, 6.45) is 8.39. The Balaban J connectivity index is 1.13. The van der Waals surface area contributed by atoms with Crippen molar-refractivity contribution in [3.8, 4) is 28.0 Å². The topological polar surface area (TPSA) is 46.0 Å². The lowest BCUT2D eigenvalue weighted by Crippen LogP contribution is -2.36. The number of ether oxygens (including phenoxy) is 1. The van der Waals surface area contributed by atoms with Crippen LogP contribution in [0.5, 0.6) is 5.75 Å². The Morgan fingerprint density at radius 1 is 0.620 bits per heavy atom. The molecular formula is C46H35N3O. The third-order valence-corrected chi connectivity index (χ3v) is 10.8. The summed E-state index contributed by atoms with van der Waals surface area (Å²) in [7, 11) is 0. The van der Waals surface area contributed by atoms with Crippen LogP contribution in [0.15, 0.2) is 162 Å². The van der Waals surface area contributed by atoms with Crippen LogP contribution < -0.4 is 10.1 Å². The van der Waals surface area contributed by atoms with Gasteiger partial charge in [-0.3, -0.25) is 0 Å². The molecule has 50 heavy (non-hydrogen) atoms. The fourth-order valence-electron chi connectivity index (χ4n) is 8.30. The Kier molecular flexibility index (Phi) is 6.38. The molecule has 0 bridgehead atoms. The Morgan fingerprint density at radius 3 is 2.18 bits per heavy atom. The van der Waals surface area contributed by atoms with E-state index in [1.807, 2.05) is 12.1 Å². The van der Waals surface area contributed by atoms with Gasteiger partial charge >= 0.3 is 0 Å². The van der Waals surface area contributed by atoms with E-state index >= 15 is 0 Å². The molecule has 0 amide bonds. The molecule has 0 aromatic heterocycles. The number of amidine groups is 2. The van der Waals surface area contributed by atoms with Crippen LogP contribution in [-0.2, 0) is 5.41 Å². The molecule has 10 rings (SSSR count). The number of allylic oxidation sites excluding steroid dienone is 2. The zero-order valence-electron chi connectivity index (χ0n) is 28.0. The highest BCUT2D eigenvalue weighted by molar-refractivity contribution is 6.16. The molecule has 0 spiro atoms. The first kappa shape index (κ1) is 29.0. The number of fused-ring (bicyclic) bond motifs is 7. The van der Waals surface area contributed by atoms with E-state index in [1.54, 1.807) is 0 Å². The van der Waals surface area contributed by atoms with Crippen molar-refractivity contribution in [3.63, 3.8) is 0 Å². The number of aliphatic imine (C=N–C) groups is 2. The summed E-state index contributed by atoms with van der Waals surface area (Å²) >= 11 is 0. The van der Waals surface area contributed by atoms with Gasteiger partial charge < -0.3 is 10.1 Å². The van der Waals surface area contributed by atoms with E-state index < -0.39 is 0 Å². The van der Waals surface area contributed by atoms with Crippen molar-refractivity contribution < 1.29 is 4.74 Å². The Bertz CT molecular complexity index is 2470. The summed E-state index contributed by atoms with van der Waals surface area (Å²) < 4.78 is 6.35. The molecule has 0 fully saturated rings. The fraction of sp³-hybridized carbons (Fsp3) is 0.130. The molecule has 1 N–H and O–H groups in total. The highest BCUT2D eigenvalue weighted by Crippen LogP contribution is 2.55. The quantitative estimate of drug-likeness (QED) is 0.207. The zero-order chi connectivity index (χ0) is 33.4. The van der Waals surface area contributed by atoms with Crippen molar-refractivity contribution in [3.05, 3.63) is 185 Å². The van der Waals surface area contributed by atoms with E-state index in [1.165, 1.54) is 49.7 Å². The van der Waals surface area contributed by atoms with Crippen LogP contribution in [0.3, 0.4) is 0 Å². The minimum atomic E-state index is -0.337. The van der Waals surface area contributed by atoms with Gasteiger partial charge in [0, 0.05) is 28.0 Å². The van der Waals surface area contributed by atoms with Crippen LogP contribution in [0, 0.1) is 0 Å². The average molecular weight is 646 g/mol. The van der Waals surface area contributed by atoms with Crippen molar-refractivity contribution in [2.45, 2.75) is 37.5 Å². The number of nitrogens with zero attached hydrogens (tertiary/aromatic N) is 2. The maximum atomic E-state index is 6.35. The van der Waals surface area contributed by atoms with Gasteiger partial charge in [0.15, 0.2) is 6.17 Å². The molecule has 4 nitrogen and oxygen atoms in total. The van der Waals surface area contributed by atoms with Gasteiger partial charge in [-0.25, -0.2) is 9.98 Å². The fourth-order valence-corrected chi connectivity index (χ4v) is 8.30. The molecule has 4 aliphatic rings. The van der Waals surface area contributed by atoms with Crippen molar-refractivity contribution in [2.24, 2.45) is 9.98 Å². The maximum absolute atomic E-state index is 6.35. The van der Waals surface area contributed by atoms with Crippen molar-refractivity contribution in [1.82, 2.24) is 5.32 Å². The van der Waals surface area contributed by atoms with E-state index in [4.69, 9.17) is 14.7 Å². The van der Waals surface area contributed by atoms with Gasteiger partial charge in [0.25, 0.3) is 0 Å². The molecule has 0 radical (unpaired) electrons. The molecule has 2 heterocycles. The standard InChI is InChI=1S/C46H35N3O/c1-46(2)37-27-32(45-48-43(28-13-5-3-6-14-28)47-44(49-45)29-15-7-4-8-16-29)21-23-35(37)42-38(46)26-30-17-9-10-18-33(30)41(42)31-22-24-40-36(25-31)34-19-11-12-20-39(34)50-40/h3-27,34,39,43H,1-2H3,(H,47,48,49). The minimum Gasteiger partial charge on any atom is -0.485 e. The summed E-state index contributed by atoms with van der Waals surface area (Å²) in [5.74, 6) is 2.87. The normalized spacial score (nSPS) is 20.6. The summed E-state index contributed by atoms with van der Waals surface area (Å²) in [6.45, 7) is 4.72. The van der Waals surface area contributed by atoms with E-state index in [-0.39, 0.29) is 23.6 Å². The van der Waals surface area contributed by atoms with E-state index in [2.05, 4.69) is 159 Å². The van der Waals surface area contributed by atoms with Gasteiger partial charge in [0.2, 0.25) is 0 Å². The van der Waals surface area contributed by atoms with Crippen LogP contribution in [0.1, 0.15) is 59.3 Å². The van der Waals surface area contributed by atoms with Crippen molar-refractivity contribution in [1.29, 1.82) is 0 Å². The summed E-state index contributed by atoms with van der Waals surface area (Å²) in [6, 6.07) is 45.6. The molecule has 3 atom stereocenters. The lowest BCUT2D eigenvalue weighted by molar-refractivity contribution is 0.269. The van der Waals surface area contributed by atoms with Gasteiger partial charge in [0.1, 0.15) is 23.5 Å². The van der Waals surface area contributed by atoms with Gasteiger partial charge in [0.05, 0.1) is 0 Å². The Labute approximate surface area is 292 Å². The Morgan fingerprint density at radius 2 is 1.34 bits per heavy atom. The second-order valence-corrected chi connectivity index (χ2v) is 14.1. The highest BCUT2D eigenvalue weighted by atomic mass is 16.5. The number of hydrogen-bond donors (Lipinski definition) is 1. The van der Waals surface area contributed by atoms with Crippen LogP contribution in [0.2, 0.25) is 0 Å². The second kappa shape index (κ2) is 11.0. The largest absolute Gasteiger partial charge is 0.485 e. The number of benzene rings is 6. The molecule has 4 heteroatoms. The minimum absolute atomic E-state index is 0.0619. The Hall–Kier alpha value is -6.00. The number of hydrogen-bond acceptors (Lipinski definition) is 4. The molecule has 2 aliphatic heterocycles. The first-order valence-electron chi connectivity index (χ1n) is 17.4. The average Bonchev–Trinajstić information content (AvgIpc) is 3.65. The molecule has 240 valence electrons. The van der Waals surface area contributed by atoms with Crippen LogP contribution >= 0.6 is 0 Å². The van der Waals surface area contributed by atoms with E-state index in [0.717, 1.165) is 34.1 Å².